The Kier molecular flexibility index (Phi) is 3.42. The van der Waals surface area contributed by atoms with E-state index in [-0.39, 0.29) is 0 Å². The van der Waals surface area contributed by atoms with Gasteiger partial charge in [0.2, 0.25) is 0 Å². The van der Waals surface area contributed by atoms with Crippen molar-refractivity contribution in [3.05, 3.63) is 0 Å². The molecule has 3 atom stereocenters. The van der Waals surface area contributed by atoms with Crippen LogP contribution in [-0.4, -0.2) is 54.1 Å². The molecule has 0 amide bonds. The Morgan fingerprint density at radius 2 is 1.94 bits per heavy atom. The largest absolute Gasteiger partial charge is 0.330 e. The summed E-state index contributed by atoms with van der Waals surface area (Å²) in [5.41, 5.74) is 5.84. The van der Waals surface area contributed by atoms with Crippen molar-refractivity contribution >= 4 is 0 Å². The lowest BCUT2D eigenvalue weighted by molar-refractivity contribution is 0.126. The van der Waals surface area contributed by atoms with Crippen molar-refractivity contribution < 1.29 is 0 Å². The van der Waals surface area contributed by atoms with Crippen LogP contribution in [0.15, 0.2) is 0 Å². The number of rotatable bonds is 3. The first-order valence-corrected chi connectivity index (χ1v) is 7.47. The Morgan fingerprint density at radius 1 is 1.12 bits per heavy atom. The first-order chi connectivity index (χ1) is 8.28. The van der Waals surface area contributed by atoms with E-state index in [0.29, 0.717) is 0 Å². The fraction of sp³-hybridized carbons (Fsp3) is 1.00. The summed E-state index contributed by atoms with van der Waals surface area (Å²) >= 11 is 0. The van der Waals surface area contributed by atoms with E-state index in [4.69, 9.17) is 5.73 Å². The van der Waals surface area contributed by atoms with Crippen molar-refractivity contribution in [3.8, 4) is 0 Å². The van der Waals surface area contributed by atoms with Crippen molar-refractivity contribution in [3.63, 3.8) is 0 Å². The number of nitrogens with zero attached hydrogens (tertiary/aromatic N) is 2. The second-order valence-electron chi connectivity index (χ2n) is 6.41. The van der Waals surface area contributed by atoms with Crippen molar-refractivity contribution in [1.29, 1.82) is 0 Å². The van der Waals surface area contributed by atoms with Gasteiger partial charge in [0, 0.05) is 31.2 Å². The molecule has 3 fully saturated rings. The molecule has 3 heteroatoms. The predicted octanol–water partition coefficient (Wildman–Crippen LogP) is 1.28. The third kappa shape index (κ3) is 2.51. The van der Waals surface area contributed by atoms with Crippen LogP contribution < -0.4 is 5.73 Å². The quantitative estimate of drug-likeness (QED) is 0.802. The van der Waals surface area contributed by atoms with Gasteiger partial charge in [0.05, 0.1) is 0 Å². The van der Waals surface area contributed by atoms with Gasteiger partial charge in [0.25, 0.3) is 0 Å². The summed E-state index contributed by atoms with van der Waals surface area (Å²) in [5.74, 6) is 0.758. The lowest BCUT2D eigenvalue weighted by Gasteiger charge is -2.36. The number of likely N-dealkylation sites (tertiary alicyclic amines) is 2. The predicted molar refractivity (Wildman–Crippen MR) is 70.9 cm³/mol. The maximum Gasteiger partial charge on any atom is 0.0238 e. The first kappa shape index (κ1) is 11.9. The lowest BCUT2D eigenvalue weighted by atomic mass is 9.96. The average Bonchev–Trinajstić information content (AvgIpc) is 3.13. The standard InChI is InChI=1S/C14H27N3/c1-11-7-14(10-17(11)13-4-5-13)16-6-2-3-12(8-15)9-16/h11-14H,2-10,15H2,1H3. The van der Waals surface area contributed by atoms with Crippen LogP contribution in [0.25, 0.3) is 0 Å². The zero-order valence-electron chi connectivity index (χ0n) is 11.1. The summed E-state index contributed by atoms with van der Waals surface area (Å²) in [6, 6.07) is 2.57. The van der Waals surface area contributed by atoms with Gasteiger partial charge in [-0.2, -0.15) is 0 Å². The molecule has 1 saturated carbocycles. The molecule has 3 aliphatic rings. The molecule has 0 aromatic heterocycles. The second-order valence-corrected chi connectivity index (χ2v) is 6.41. The zero-order chi connectivity index (χ0) is 11.8. The summed E-state index contributed by atoms with van der Waals surface area (Å²) < 4.78 is 0. The normalized spacial score (nSPS) is 40.9. The monoisotopic (exact) mass is 237 g/mol. The van der Waals surface area contributed by atoms with E-state index in [1.807, 2.05) is 0 Å². The number of hydrogen-bond donors (Lipinski definition) is 1. The molecular formula is C14H27N3. The minimum atomic E-state index is 0.758. The minimum absolute atomic E-state index is 0.758. The fourth-order valence-corrected chi connectivity index (χ4v) is 3.83. The Balaban J connectivity index is 1.57. The molecule has 3 unspecified atom stereocenters. The molecule has 2 heterocycles. The number of piperidine rings is 1. The smallest absolute Gasteiger partial charge is 0.0238 e. The van der Waals surface area contributed by atoms with E-state index in [0.717, 1.165) is 30.6 Å². The van der Waals surface area contributed by atoms with Crippen LogP contribution in [0.5, 0.6) is 0 Å². The van der Waals surface area contributed by atoms with E-state index in [9.17, 15) is 0 Å². The third-order valence-electron chi connectivity index (χ3n) is 5.02. The highest BCUT2D eigenvalue weighted by Crippen LogP contribution is 2.35. The third-order valence-corrected chi connectivity index (χ3v) is 5.02. The molecule has 0 bridgehead atoms. The SMILES string of the molecule is CC1CC(N2CCCC(CN)C2)CN1C1CC1. The Morgan fingerprint density at radius 3 is 2.65 bits per heavy atom. The summed E-state index contributed by atoms with van der Waals surface area (Å²) in [7, 11) is 0. The molecule has 2 saturated heterocycles. The Labute approximate surface area is 105 Å². The maximum atomic E-state index is 5.84. The first-order valence-electron chi connectivity index (χ1n) is 7.47. The molecule has 17 heavy (non-hydrogen) atoms. The fourth-order valence-electron chi connectivity index (χ4n) is 3.83. The lowest BCUT2D eigenvalue weighted by Crippen LogP contribution is -2.45. The zero-order valence-corrected chi connectivity index (χ0v) is 11.1. The maximum absolute atomic E-state index is 5.84. The molecule has 0 radical (unpaired) electrons. The van der Waals surface area contributed by atoms with E-state index in [2.05, 4.69) is 16.7 Å². The van der Waals surface area contributed by atoms with Gasteiger partial charge in [0.1, 0.15) is 0 Å². The van der Waals surface area contributed by atoms with E-state index >= 15 is 0 Å². The molecule has 0 aromatic carbocycles. The highest BCUT2D eigenvalue weighted by atomic mass is 15.3. The van der Waals surface area contributed by atoms with Gasteiger partial charge < -0.3 is 5.73 Å². The number of nitrogens with two attached hydrogens (primary N) is 1. The summed E-state index contributed by atoms with van der Waals surface area (Å²) in [4.78, 5) is 5.50. The van der Waals surface area contributed by atoms with Crippen LogP contribution in [0.2, 0.25) is 0 Å². The molecule has 0 spiro atoms. The second kappa shape index (κ2) is 4.87. The van der Waals surface area contributed by atoms with Crippen molar-refractivity contribution in [1.82, 2.24) is 9.80 Å². The Hall–Kier alpha value is -0.120. The van der Waals surface area contributed by atoms with Gasteiger partial charge in [-0.1, -0.05) is 0 Å². The molecule has 2 aliphatic heterocycles. The van der Waals surface area contributed by atoms with E-state index in [1.165, 1.54) is 51.7 Å². The summed E-state index contributed by atoms with van der Waals surface area (Å²) in [6.07, 6.45) is 6.98. The summed E-state index contributed by atoms with van der Waals surface area (Å²) in [5, 5.41) is 0. The molecule has 0 aromatic rings. The molecule has 98 valence electrons. The molecular weight excluding hydrogens is 210 g/mol. The topological polar surface area (TPSA) is 32.5 Å². The number of hydrogen-bond acceptors (Lipinski definition) is 3. The van der Waals surface area contributed by atoms with Crippen molar-refractivity contribution in [2.24, 2.45) is 11.7 Å². The molecule has 3 nitrogen and oxygen atoms in total. The van der Waals surface area contributed by atoms with Crippen LogP contribution >= 0.6 is 0 Å². The Bertz CT molecular complexity index is 264. The molecule has 1 aliphatic carbocycles. The van der Waals surface area contributed by atoms with E-state index in [1.54, 1.807) is 0 Å². The average molecular weight is 237 g/mol. The highest BCUT2D eigenvalue weighted by Gasteiger charge is 2.41. The van der Waals surface area contributed by atoms with Gasteiger partial charge in [-0.25, -0.2) is 0 Å². The van der Waals surface area contributed by atoms with Gasteiger partial charge in [0.15, 0.2) is 0 Å². The van der Waals surface area contributed by atoms with E-state index < -0.39 is 0 Å². The van der Waals surface area contributed by atoms with Crippen LogP contribution in [0.1, 0.15) is 39.0 Å². The minimum Gasteiger partial charge on any atom is -0.330 e. The molecule has 2 N–H and O–H groups in total. The van der Waals surface area contributed by atoms with Gasteiger partial charge >= 0.3 is 0 Å². The highest BCUT2D eigenvalue weighted by molar-refractivity contribution is 4.97. The van der Waals surface area contributed by atoms with Gasteiger partial charge in [-0.15, -0.1) is 0 Å². The molecule has 3 rings (SSSR count). The van der Waals surface area contributed by atoms with Gasteiger partial charge in [-0.3, -0.25) is 9.80 Å². The van der Waals surface area contributed by atoms with Crippen molar-refractivity contribution in [2.75, 3.05) is 26.2 Å². The van der Waals surface area contributed by atoms with Crippen molar-refractivity contribution in [2.45, 2.75) is 57.2 Å². The van der Waals surface area contributed by atoms with Crippen LogP contribution in [0, 0.1) is 5.92 Å². The van der Waals surface area contributed by atoms with Gasteiger partial charge in [-0.05, 0) is 58.0 Å². The van der Waals surface area contributed by atoms with Crippen LogP contribution in [-0.2, 0) is 0 Å². The van der Waals surface area contributed by atoms with Crippen LogP contribution in [0.4, 0.5) is 0 Å². The summed E-state index contributed by atoms with van der Waals surface area (Å²) in [6.45, 7) is 7.19. The van der Waals surface area contributed by atoms with Crippen LogP contribution in [0.3, 0.4) is 0 Å².